The van der Waals surface area contributed by atoms with Crippen molar-refractivity contribution in [2.45, 2.75) is 19.8 Å². The molecule has 0 spiro atoms. The Morgan fingerprint density at radius 3 is 2.85 bits per heavy atom. The zero-order valence-corrected chi connectivity index (χ0v) is 7.54. The molecule has 2 aromatic rings. The Hall–Kier alpha value is -1.38. The van der Waals surface area contributed by atoms with Crippen LogP contribution in [0.5, 0.6) is 0 Å². The van der Waals surface area contributed by atoms with Crippen molar-refractivity contribution in [2.75, 3.05) is 0 Å². The first-order valence-corrected chi connectivity index (χ1v) is 4.21. The summed E-state index contributed by atoms with van der Waals surface area (Å²) in [5, 5.41) is 0. The summed E-state index contributed by atoms with van der Waals surface area (Å²) in [6, 6.07) is 3.35. The predicted molar refractivity (Wildman–Crippen MR) is 48.1 cm³/mol. The fourth-order valence-electron chi connectivity index (χ4n) is 1.28. The van der Waals surface area contributed by atoms with Crippen LogP contribution in [0.3, 0.4) is 0 Å². The standard InChI is InChI=1S/C10H10FNO/c1-6(2)7-3-8(11)10-9(4-7)12-5-13-10/h3-6H,1-2H3. The Kier molecular flexibility index (Phi) is 1.79. The number of nitrogens with zero attached hydrogens (tertiary/aromatic N) is 1. The van der Waals surface area contributed by atoms with Crippen LogP contribution in [0.4, 0.5) is 4.39 Å². The first kappa shape index (κ1) is 8.23. The van der Waals surface area contributed by atoms with E-state index in [2.05, 4.69) is 4.98 Å². The minimum atomic E-state index is -0.335. The zero-order chi connectivity index (χ0) is 9.42. The molecule has 0 saturated heterocycles. The third-order valence-electron chi connectivity index (χ3n) is 2.08. The maximum Gasteiger partial charge on any atom is 0.190 e. The third-order valence-corrected chi connectivity index (χ3v) is 2.08. The molecule has 0 aliphatic rings. The molecule has 3 heteroatoms. The quantitative estimate of drug-likeness (QED) is 0.672. The van der Waals surface area contributed by atoms with E-state index in [-0.39, 0.29) is 11.4 Å². The van der Waals surface area contributed by atoms with Crippen molar-refractivity contribution in [3.8, 4) is 0 Å². The van der Waals surface area contributed by atoms with Crippen molar-refractivity contribution in [1.29, 1.82) is 0 Å². The van der Waals surface area contributed by atoms with E-state index in [9.17, 15) is 4.39 Å². The number of aromatic nitrogens is 1. The lowest BCUT2D eigenvalue weighted by Gasteiger charge is -2.04. The monoisotopic (exact) mass is 179 g/mol. The topological polar surface area (TPSA) is 26.0 Å². The maximum atomic E-state index is 13.3. The van der Waals surface area contributed by atoms with Crippen molar-refractivity contribution in [2.24, 2.45) is 0 Å². The summed E-state index contributed by atoms with van der Waals surface area (Å²) in [6.07, 6.45) is 1.26. The fourth-order valence-corrected chi connectivity index (χ4v) is 1.28. The second-order valence-electron chi connectivity index (χ2n) is 3.36. The van der Waals surface area contributed by atoms with Gasteiger partial charge in [0.05, 0.1) is 0 Å². The molecular weight excluding hydrogens is 169 g/mol. The molecule has 0 bridgehead atoms. The van der Waals surface area contributed by atoms with Gasteiger partial charge in [-0.15, -0.1) is 0 Å². The normalized spacial score (nSPS) is 11.4. The molecule has 0 amide bonds. The van der Waals surface area contributed by atoms with E-state index in [4.69, 9.17) is 4.42 Å². The minimum absolute atomic E-state index is 0.240. The molecule has 1 aromatic heterocycles. The van der Waals surface area contributed by atoms with E-state index < -0.39 is 0 Å². The van der Waals surface area contributed by atoms with Crippen LogP contribution in [0.25, 0.3) is 11.1 Å². The minimum Gasteiger partial charge on any atom is -0.440 e. The Balaban J connectivity index is 2.70. The summed E-state index contributed by atoms with van der Waals surface area (Å²) >= 11 is 0. The van der Waals surface area contributed by atoms with E-state index in [0.29, 0.717) is 11.4 Å². The van der Waals surface area contributed by atoms with Gasteiger partial charge in [0.15, 0.2) is 17.8 Å². The Labute approximate surface area is 75.4 Å². The van der Waals surface area contributed by atoms with E-state index in [1.807, 2.05) is 19.9 Å². The molecule has 1 aromatic carbocycles. The number of rotatable bonds is 1. The highest BCUT2D eigenvalue weighted by Gasteiger charge is 2.09. The molecule has 0 fully saturated rings. The van der Waals surface area contributed by atoms with Crippen molar-refractivity contribution >= 4 is 11.1 Å². The highest BCUT2D eigenvalue weighted by atomic mass is 19.1. The van der Waals surface area contributed by atoms with Gasteiger partial charge in [-0.25, -0.2) is 9.37 Å². The van der Waals surface area contributed by atoms with Gasteiger partial charge in [0.25, 0.3) is 0 Å². The van der Waals surface area contributed by atoms with Crippen LogP contribution in [-0.4, -0.2) is 4.98 Å². The van der Waals surface area contributed by atoms with Gasteiger partial charge in [-0.2, -0.15) is 0 Å². The summed E-state index contributed by atoms with van der Waals surface area (Å²) < 4.78 is 18.2. The lowest BCUT2D eigenvalue weighted by atomic mass is 10.0. The molecule has 0 aliphatic carbocycles. The highest BCUT2D eigenvalue weighted by Crippen LogP contribution is 2.23. The third kappa shape index (κ3) is 1.30. The Morgan fingerprint density at radius 1 is 1.38 bits per heavy atom. The molecule has 0 aliphatic heterocycles. The Morgan fingerprint density at radius 2 is 2.15 bits per heavy atom. The summed E-state index contributed by atoms with van der Waals surface area (Å²) in [7, 11) is 0. The molecular formula is C10H10FNO. The van der Waals surface area contributed by atoms with Gasteiger partial charge >= 0.3 is 0 Å². The second kappa shape index (κ2) is 2.83. The number of halogens is 1. The van der Waals surface area contributed by atoms with Crippen LogP contribution in [-0.2, 0) is 0 Å². The molecule has 0 saturated carbocycles. The summed E-state index contributed by atoms with van der Waals surface area (Å²) in [5.74, 6) is -0.0331. The molecule has 0 atom stereocenters. The molecule has 13 heavy (non-hydrogen) atoms. The predicted octanol–water partition coefficient (Wildman–Crippen LogP) is 3.09. The van der Waals surface area contributed by atoms with E-state index in [1.165, 1.54) is 12.5 Å². The van der Waals surface area contributed by atoms with E-state index in [0.717, 1.165) is 5.56 Å². The first-order valence-electron chi connectivity index (χ1n) is 4.21. The maximum absolute atomic E-state index is 13.3. The van der Waals surface area contributed by atoms with Crippen molar-refractivity contribution in [3.05, 3.63) is 29.9 Å². The van der Waals surface area contributed by atoms with Gasteiger partial charge in [0.2, 0.25) is 0 Å². The average molecular weight is 179 g/mol. The first-order chi connectivity index (χ1) is 6.18. The number of benzene rings is 1. The average Bonchev–Trinajstić information content (AvgIpc) is 2.51. The van der Waals surface area contributed by atoms with Crippen LogP contribution in [0.15, 0.2) is 22.9 Å². The highest BCUT2D eigenvalue weighted by molar-refractivity contribution is 5.73. The van der Waals surface area contributed by atoms with Gasteiger partial charge < -0.3 is 4.42 Å². The molecule has 1 heterocycles. The summed E-state index contributed by atoms with van der Waals surface area (Å²) in [5.41, 5.74) is 1.77. The number of oxazole rings is 1. The van der Waals surface area contributed by atoms with Crippen molar-refractivity contribution in [1.82, 2.24) is 4.98 Å². The molecule has 0 radical (unpaired) electrons. The van der Waals surface area contributed by atoms with Crippen LogP contribution in [0, 0.1) is 5.82 Å². The van der Waals surface area contributed by atoms with Gasteiger partial charge in [-0.1, -0.05) is 13.8 Å². The molecule has 2 nitrogen and oxygen atoms in total. The van der Waals surface area contributed by atoms with Gasteiger partial charge in [0.1, 0.15) is 5.52 Å². The van der Waals surface area contributed by atoms with Gasteiger partial charge in [0, 0.05) is 0 Å². The summed E-state index contributed by atoms with van der Waals surface area (Å²) in [6.45, 7) is 4.03. The van der Waals surface area contributed by atoms with Crippen LogP contribution in [0.2, 0.25) is 0 Å². The van der Waals surface area contributed by atoms with Crippen molar-refractivity contribution in [3.63, 3.8) is 0 Å². The number of hydrogen-bond donors (Lipinski definition) is 0. The summed E-state index contributed by atoms with van der Waals surface area (Å²) in [4.78, 5) is 3.92. The zero-order valence-electron chi connectivity index (χ0n) is 7.54. The smallest absolute Gasteiger partial charge is 0.190 e. The van der Waals surface area contributed by atoms with Crippen LogP contribution >= 0.6 is 0 Å². The molecule has 0 N–H and O–H groups in total. The SMILES string of the molecule is CC(C)c1cc(F)c2ocnc2c1. The number of fused-ring (bicyclic) bond motifs is 1. The van der Waals surface area contributed by atoms with Crippen LogP contribution < -0.4 is 0 Å². The lowest BCUT2D eigenvalue weighted by molar-refractivity contribution is 0.553. The van der Waals surface area contributed by atoms with Crippen molar-refractivity contribution < 1.29 is 8.81 Å². The molecule has 68 valence electrons. The fraction of sp³-hybridized carbons (Fsp3) is 0.300. The Bertz CT molecular complexity index is 433. The van der Waals surface area contributed by atoms with Gasteiger partial charge in [-0.3, -0.25) is 0 Å². The largest absolute Gasteiger partial charge is 0.440 e. The second-order valence-corrected chi connectivity index (χ2v) is 3.36. The lowest BCUT2D eigenvalue weighted by Crippen LogP contribution is -1.89. The number of hydrogen-bond acceptors (Lipinski definition) is 2. The molecule has 2 rings (SSSR count). The van der Waals surface area contributed by atoms with E-state index in [1.54, 1.807) is 0 Å². The van der Waals surface area contributed by atoms with E-state index >= 15 is 0 Å². The van der Waals surface area contributed by atoms with Crippen LogP contribution in [0.1, 0.15) is 25.3 Å². The molecule has 0 unspecified atom stereocenters. The van der Waals surface area contributed by atoms with Gasteiger partial charge in [-0.05, 0) is 23.6 Å².